The normalized spacial score (nSPS) is 10.6. The summed E-state index contributed by atoms with van der Waals surface area (Å²) in [7, 11) is 3.38. The lowest BCUT2D eigenvalue weighted by molar-refractivity contribution is 0.101. The molecule has 0 aliphatic heterocycles. The van der Waals surface area contributed by atoms with Crippen molar-refractivity contribution in [3.8, 4) is 22.8 Å². The molecule has 0 bridgehead atoms. The van der Waals surface area contributed by atoms with E-state index >= 15 is 0 Å². The highest BCUT2D eigenvalue weighted by atomic mass is 16.5. The summed E-state index contributed by atoms with van der Waals surface area (Å²) in [5.74, 6) is 0.697. The molecule has 4 rings (SSSR count). The molecular formula is C20H17N7O3. The number of amides is 1. The number of aryl methyl sites for hydroxylation is 2. The summed E-state index contributed by atoms with van der Waals surface area (Å²) in [5, 5.41) is 6.69. The number of hydrogen-bond acceptors (Lipinski definition) is 7. The van der Waals surface area contributed by atoms with Crippen LogP contribution in [0.25, 0.3) is 11.3 Å². The third-order valence-corrected chi connectivity index (χ3v) is 4.18. The molecule has 150 valence electrons. The van der Waals surface area contributed by atoms with Gasteiger partial charge in [0.25, 0.3) is 11.5 Å². The first-order chi connectivity index (χ1) is 14.5. The van der Waals surface area contributed by atoms with E-state index in [9.17, 15) is 9.59 Å². The number of nitrogens with zero attached hydrogens (tertiary/aromatic N) is 6. The van der Waals surface area contributed by atoms with Gasteiger partial charge in [-0.3, -0.25) is 19.3 Å². The Morgan fingerprint density at radius 1 is 1.03 bits per heavy atom. The molecule has 4 aromatic heterocycles. The monoisotopic (exact) mass is 403 g/mol. The van der Waals surface area contributed by atoms with E-state index in [4.69, 9.17) is 4.74 Å². The number of anilines is 1. The van der Waals surface area contributed by atoms with Crippen molar-refractivity contribution in [3.05, 3.63) is 77.5 Å². The van der Waals surface area contributed by atoms with Gasteiger partial charge in [-0.2, -0.15) is 5.10 Å². The maximum absolute atomic E-state index is 12.3. The van der Waals surface area contributed by atoms with Crippen molar-refractivity contribution in [1.82, 2.24) is 29.3 Å². The first-order valence-corrected chi connectivity index (χ1v) is 8.91. The van der Waals surface area contributed by atoms with Gasteiger partial charge in [0.2, 0.25) is 0 Å². The minimum absolute atomic E-state index is 0.207. The van der Waals surface area contributed by atoms with E-state index in [1.165, 1.54) is 23.2 Å². The molecule has 0 spiro atoms. The van der Waals surface area contributed by atoms with E-state index in [1.54, 1.807) is 48.4 Å². The second-order valence-corrected chi connectivity index (χ2v) is 6.41. The number of nitrogens with one attached hydrogen (secondary N) is 1. The van der Waals surface area contributed by atoms with Gasteiger partial charge in [0.15, 0.2) is 5.69 Å². The zero-order chi connectivity index (χ0) is 21.1. The van der Waals surface area contributed by atoms with Crippen LogP contribution in [0, 0.1) is 0 Å². The van der Waals surface area contributed by atoms with Crippen molar-refractivity contribution in [2.45, 2.75) is 0 Å². The molecule has 4 heterocycles. The van der Waals surface area contributed by atoms with E-state index in [1.807, 2.05) is 13.2 Å². The Morgan fingerprint density at radius 3 is 2.63 bits per heavy atom. The maximum Gasteiger partial charge on any atom is 0.281 e. The van der Waals surface area contributed by atoms with Crippen LogP contribution in [0.2, 0.25) is 0 Å². The van der Waals surface area contributed by atoms with Crippen molar-refractivity contribution in [2.75, 3.05) is 5.32 Å². The van der Waals surface area contributed by atoms with Crippen LogP contribution in [0.1, 0.15) is 10.5 Å². The van der Waals surface area contributed by atoms with Crippen LogP contribution in [0.4, 0.5) is 5.82 Å². The summed E-state index contributed by atoms with van der Waals surface area (Å²) >= 11 is 0. The lowest BCUT2D eigenvalue weighted by Crippen LogP contribution is -2.29. The number of pyridine rings is 2. The molecule has 0 saturated heterocycles. The summed E-state index contributed by atoms with van der Waals surface area (Å²) in [6.07, 6.45) is 9.56. The minimum Gasteiger partial charge on any atom is -0.456 e. The molecule has 0 aliphatic carbocycles. The van der Waals surface area contributed by atoms with Crippen LogP contribution in [-0.2, 0) is 14.1 Å². The lowest BCUT2D eigenvalue weighted by Gasteiger charge is -2.08. The van der Waals surface area contributed by atoms with Gasteiger partial charge in [-0.25, -0.2) is 9.97 Å². The van der Waals surface area contributed by atoms with Crippen molar-refractivity contribution < 1.29 is 9.53 Å². The van der Waals surface area contributed by atoms with Crippen molar-refractivity contribution >= 4 is 11.7 Å². The van der Waals surface area contributed by atoms with Crippen LogP contribution >= 0.6 is 0 Å². The van der Waals surface area contributed by atoms with Gasteiger partial charge in [-0.05, 0) is 18.2 Å². The molecule has 0 atom stereocenters. The number of ether oxygens (including phenoxy) is 1. The quantitative estimate of drug-likeness (QED) is 0.542. The fourth-order valence-electron chi connectivity index (χ4n) is 2.67. The topological polar surface area (TPSA) is 117 Å². The molecule has 10 heteroatoms. The Balaban J connectivity index is 1.46. The summed E-state index contributed by atoms with van der Waals surface area (Å²) in [4.78, 5) is 36.6. The zero-order valence-electron chi connectivity index (χ0n) is 16.2. The Kier molecular flexibility index (Phi) is 5.04. The molecule has 4 aromatic rings. The number of rotatable bonds is 5. The standard InChI is InChI=1S/C20H17N7O3/c1-26-8-7-22-18(20(26)29)19(28)25-17-4-3-15(11-23-17)30-14-5-6-21-16(9-14)13-10-24-27(2)12-13/h3-12H,1-2H3,(H,23,25,28). The summed E-state index contributed by atoms with van der Waals surface area (Å²) in [6, 6.07) is 6.75. The average Bonchev–Trinajstić information content (AvgIpc) is 3.18. The smallest absolute Gasteiger partial charge is 0.281 e. The SMILES string of the molecule is Cn1cc(-c2cc(Oc3ccc(NC(=O)c4nccn(C)c4=O)nc3)ccn2)cn1. The van der Waals surface area contributed by atoms with E-state index in [0.29, 0.717) is 11.5 Å². The number of hydrogen-bond donors (Lipinski definition) is 1. The van der Waals surface area contributed by atoms with Gasteiger partial charge < -0.3 is 14.6 Å². The van der Waals surface area contributed by atoms with E-state index in [-0.39, 0.29) is 11.5 Å². The highest BCUT2D eigenvalue weighted by Gasteiger charge is 2.14. The molecule has 0 fully saturated rings. The van der Waals surface area contributed by atoms with Crippen molar-refractivity contribution in [1.29, 1.82) is 0 Å². The van der Waals surface area contributed by atoms with Crippen LogP contribution < -0.4 is 15.6 Å². The van der Waals surface area contributed by atoms with Gasteiger partial charge in [-0.1, -0.05) is 0 Å². The predicted molar refractivity (Wildman–Crippen MR) is 108 cm³/mol. The Morgan fingerprint density at radius 2 is 1.90 bits per heavy atom. The molecule has 0 unspecified atom stereocenters. The van der Waals surface area contributed by atoms with Gasteiger partial charge in [0.05, 0.1) is 18.1 Å². The van der Waals surface area contributed by atoms with E-state index in [0.717, 1.165) is 11.3 Å². The van der Waals surface area contributed by atoms with Gasteiger partial charge in [0.1, 0.15) is 17.3 Å². The van der Waals surface area contributed by atoms with Crippen molar-refractivity contribution in [2.24, 2.45) is 14.1 Å². The van der Waals surface area contributed by atoms with Gasteiger partial charge >= 0.3 is 0 Å². The van der Waals surface area contributed by atoms with Gasteiger partial charge in [0, 0.05) is 50.5 Å². The first-order valence-electron chi connectivity index (χ1n) is 8.91. The van der Waals surface area contributed by atoms with Crippen molar-refractivity contribution in [3.63, 3.8) is 0 Å². The fraction of sp³-hybridized carbons (Fsp3) is 0.100. The van der Waals surface area contributed by atoms with Crippen LogP contribution in [0.3, 0.4) is 0 Å². The largest absolute Gasteiger partial charge is 0.456 e. The minimum atomic E-state index is -0.632. The van der Waals surface area contributed by atoms with Crippen LogP contribution in [0.5, 0.6) is 11.5 Å². The zero-order valence-corrected chi connectivity index (χ0v) is 16.2. The maximum atomic E-state index is 12.3. The summed E-state index contributed by atoms with van der Waals surface area (Å²) in [6.45, 7) is 0. The van der Waals surface area contributed by atoms with E-state index in [2.05, 4.69) is 25.4 Å². The second kappa shape index (κ2) is 7.95. The number of aromatic nitrogens is 6. The Labute approximate surface area is 170 Å². The van der Waals surface area contributed by atoms with Crippen LogP contribution in [-0.4, -0.2) is 35.2 Å². The first kappa shape index (κ1) is 19.0. The molecule has 0 aliphatic rings. The third-order valence-electron chi connectivity index (χ3n) is 4.18. The molecule has 30 heavy (non-hydrogen) atoms. The number of carbonyl (C=O) groups is 1. The molecule has 0 saturated carbocycles. The Hall–Kier alpha value is -4.34. The highest BCUT2D eigenvalue weighted by molar-refractivity contribution is 6.02. The molecule has 1 amide bonds. The highest BCUT2D eigenvalue weighted by Crippen LogP contribution is 2.25. The molecule has 0 aromatic carbocycles. The van der Waals surface area contributed by atoms with Crippen LogP contribution in [0.15, 0.2) is 66.2 Å². The van der Waals surface area contributed by atoms with Gasteiger partial charge in [-0.15, -0.1) is 0 Å². The van der Waals surface area contributed by atoms with E-state index < -0.39 is 11.5 Å². The number of carbonyl (C=O) groups excluding carboxylic acids is 1. The summed E-state index contributed by atoms with van der Waals surface area (Å²) in [5.41, 5.74) is 0.910. The second-order valence-electron chi connectivity index (χ2n) is 6.41. The molecule has 0 radical (unpaired) electrons. The molecular weight excluding hydrogens is 386 g/mol. The summed E-state index contributed by atoms with van der Waals surface area (Å²) < 4.78 is 8.79. The third kappa shape index (κ3) is 4.07. The Bertz CT molecular complexity index is 1260. The molecule has 10 nitrogen and oxygen atoms in total. The fourth-order valence-corrected chi connectivity index (χ4v) is 2.67. The molecule has 1 N–H and O–H groups in total. The lowest BCUT2D eigenvalue weighted by atomic mass is 10.2. The predicted octanol–water partition coefficient (Wildman–Crippen LogP) is 2.02. The average molecular weight is 403 g/mol.